The van der Waals surface area contributed by atoms with Gasteiger partial charge in [0.2, 0.25) is 11.8 Å². The largest absolute Gasteiger partial charge is 0.493 e. The molecular weight excluding hydrogens is 368 g/mol. The topological polar surface area (TPSA) is 77.5 Å². The smallest absolute Gasteiger partial charge is 0.224 e. The molecule has 3 aromatic rings. The van der Waals surface area contributed by atoms with Crippen molar-refractivity contribution in [3.05, 3.63) is 78.0 Å². The number of amides is 1. The van der Waals surface area contributed by atoms with Crippen molar-refractivity contribution in [1.29, 1.82) is 0 Å². The van der Waals surface area contributed by atoms with Gasteiger partial charge in [-0.2, -0.15) is 0 Å². The number of aromatic nitrogens is 1. The van der Waals surface area contributed by atoms with E-state index in [2.05, 4.69) is 10.3 Å². The lowest BCUT2D eigenvalue weighted by Crippen LogP contribution is -2.13. The average molecular weight is 390 g/mol. The summed E-state index contributed by atoms with van der Waals surface area (Å²) in [5, 5.41) is 2.74. The molecular formula is C23H22N2O4. The van der Waals surface area contributed by atoms with Gasteiger partial charge in [0.15, 0.2) is 17.3 Å². The van der Waals surface area contributed by atoms with Crippen LogP contribution in [0, 0.1) is 6.92 Å². The van der Waals surface area contributed by atoms with E-state index in [1.807, 2.05) is 31.2 Å². The highest BCUT2D eigenvalue weighted by Crippen LogP contribution is 2.31. The lowest BCUT2D eigenvalue weighted by molar-refractivity contribution is -0.116. The first-order valence-corrected chi connectivity index (χ1v) is 9.22. The van der Waals surface area contributed by atoms with Gasteiger partial charge in [-0.1, -0.05) is 36.4 Å². The van der Waals surface area contributed by atoms with Gasteiger partial charge in [0.1, 0.15) is 0 Å². The van der Waals surface area contributed by atoms with Crippen LogP contribution in [0.25, 0.3) is 0 Å². The maximum absolute atomic E-state index is 12.1. The maximum Gasteiger partial charge on any atom is 0.224 e. The van der Waals surface area contributed by atoms with Crippen LogP contribution in [0.2, 0.25) is 0 Å². The van der Waals surface area contributed by atoms with Crippen molar-refractivity contribution in [3.8, 4) is 17.4 Å². The molecule has 1 aromatic heterocycles. The van der Waals surface area contributed by atoms with Gasteiger partial charge >= 0.3 is 0 Å². The van der Waals surface area contributed by atoms with E-state index >= 15 is 0 Å². The van der Waals surface area contributed by atoms with Gasteiger partial charge in [0.05, 0.1) is 19.0 Å². The van der Waals surface area contributed by atoms with Crippen molar-refractivity contribution < 1.29 is 19.1 Å². The molecule has 0 saturated heterocycles. The van der Waals surface area contributed by atoms with Crippen LogP contribution in [0.3, 0.4) is 0 Å². The van der Waals surface area contributed by atoms with Crippen molar-refractivity contribution in [2.24, 2.45) is 0 Å². The number of pyridine rings is 1. The number of carbonyl (C=O) groups excluding carboxylic acids is 2. The molecule has 0 unspecified atom stereocenters. The highest BCUT2D eigenvalue weighted by Gasteiger charge is 2.10. The third-order valence-corrected chi connectivity index (χ3v) is 4.23. The van der Waals surface area contributed by atoms with E-state index in [0.29, 0.717) is 28.6 Å². The molecule has 1 amide bonds. The fourth-order valence-corrected chi connectivity index (χ4v) is 2.71. The maximum atomic E-state index is 12.1. The number of hydrogen-bond acceptors (Lipinski definition) is 5. The number of nitrogens with one attached hydrogen (secondary N) is 1. The van der Waals surface area contributed by atoms with E-state index in [1.54, 1.807) is 43.5 Å². The van der Waals surface area contributed by atoms with Gasteiger partial charge < -0.3 is 14.8 Å². The molecule has 2 aromatic carbocycles. The summed E-state index contributed by atoms with van der Waals surface area (Å²) in [7, 11) is 1.58. The average Bonchev–Trinajstić information content (AvgIpc) is 2.75. The number of nitrogens with zero attached hydrogens (tertiary/aromatic N) is 1. The number of carbonyl (C=O) groups is 2. The summed E-state index contributed by atoms with van der Waals surface area (Å²) in [5.41, 5.74) is 2.20. The highest BCUT2D eigenvalue weighted by atomic mass is 16.5. The van der Waals surface area contributed by atoms with Gasteiger partial charge in [-0.15, -0.1) is 0 Å². The fraction of sp³-hybridized carbons (Fsp3) is 0.174. The minimum atomic E-state index is -0.245. The second kappa shape index (κ2) is 9.50. The van der Waals surface area contributed by atoms with Crippen LogP contribution >= 0.6 is 0 Å². The number of hydrogen-bond donors (Lipinski definition) is 1. The van der Waals surface area contributed by atoms with Crippen molar-refractivity contribution >= 4 is 17.4 Å². The summed E-state index contributed by atoms with van der Waals surface area (Å²) in [6, 6.07) is 17.9. The Morgan fingerprint density at radius 1 is 0.966 bits per heavy atom. The van der Waals surface area contributed by atoms with E-state index in [-0.39, 0.29) is 24.5 Å². The zero-order chi connectivity index (χ0) is 20.6. The molecule has 0 aliphatic heterocycles. The molecule has 0 aliphatic rings. The monoisotopic (exact) mass is 390 g/mol. The lowest BCUT2D eigenvalue weighted by Gasteiger charge is -2.11. The van der Waals surface area contributed by atoms with Crippen LogP contribution in [-0.4, -0.2) is 23.8 Å². The second-order valence-corrected chi connectivity index (χ2v) is 6.48. The van der Waals surface area contributed by atoms with Crippen LogP contribution in [0.5, 0.6) is 17.4 Å². The molecule has 1 heterocycles. The Balaban J connectivity index is 1.54. The number of rotatable bonds is 8. The summed E-state index contributed by atoms with van der Waals surface area (Å²) in [4.78, 5) is 28.4. The van der Waals surface area contributed by atoms with Crippen LogP contribution in [0.4, 0.5) is 5.69 Å². The number of Topliss-reactive ketones (excluding diaryl/α,β-unsaturated/α-hetero) is 1. The zero-order valence-corrected chi connectivity index (χ0v) is 16.3. The van der Waals surface area contributed by atoms with Gasteiger partial charge in [0, 0.05) is 24.5 Å². The minimum Gasteiger partial charge on any atom is -0.493 e. The lowest BCUT2D eigenvalue weighted by atomic mass is 10.1. The standard InChI is InChI=1S/C23H22N2O4/c1-16-8-11-20(21(14-16)28-2)29-23-13-9-18(15-24-23)25-22(27)12-10-19(26)17-6-4-3-5-7-17/h3-9,11,13-15H,10,12H2,1-2H3,(H,25,27). The molecule has 6 nitrogen and oxygen atoms in total. The number of ether oxygens (including phenoxy) is 2. The number of aryl methyl sites for hydroxylation is 1. The summed E-state index contributed by atoms with van der Waals surface area (Å²) >= 11 is 0. The SMILES string of the molecule is COc1cc(C)ccc1Oc1ccc(NC(=O)CCC(=O)c2ccccc2)cn1. The Bertz CT molecular complexity index is 986. The van der Waals surface area contributed by atoms with Crippen molar-refractivity contribution in [1.82, 2.24) is 4.98 Å². The molecule has 0 radical (unpaired) electrons. The van der Waals surface area contributed by atoms with Gasteiger partial charge in [0.25, 0.3) is 0 Å². The van der Waals surface area contributed by atoms with Crippen molar-refractivity contribution in [2.75, 3.05) is 12.4 Å². The van der Waals surface area contributed by atoms with E-state index in [1.165, 1.54) is 6.20 Å². The second-order valence-electron chi connectivity index (χ2n) is 6.48. The first kappa shape index (κ1) is 20.1. The zero-order valence-electron chi connectivity index (χ0n) is 16.3. The summed E-state index contributed by atoms with van der Waals surface area (Å²) in [6.07, 6.45) is 1.76. The van der Waals surface area contributed by atoms with Gasteiger partial charge in [-0.25, -0.2) is 4.98 Å². The molecule has 0 fully saturated rings. The van der Waals surface area contributed by atoms with Crippen LogP contribution < -0.4 is 14.8 Å². The Labute approximate surface area is 169 Å². The van der Waals surface area contributed by atoms with Crippen LogP contribution in [0.1, 0.15) is 28.8 Å². The van der Waals surface area contributed by atoms with Crippen molar-refractivity contribution in [2.45, 2.75) is 19.8 Å². The van der Waals surface area contributed by atoms with E-state index in [9.17, 15) is 9.59 Å². The normalized spacial score (nSPS) is 10.3. The first-order valence-electron chi connectivity index (χ1n) is 9.22. The Hall–Kier alpha value is -3.67. The minimum absolute atomic E-state index is 0.0605. The molecule has 0 bridgehead atoms. The number of benzene rings is 2. The first-order chi connectivity index (χ1) is 14.0. The molecule has 0 aliphatic carbocycles. The molecule has 0 saturated carbocycles. The molecule has 1 N–H and O–H groups in total. The fourth-order valence-electron chi connectivity index (χ4n) is 2.71. The quantitative estimate of drug-likeness (QED) is 0.560. The summed E-state index contributed by atoms with van der Waals surface area (Å²) < 4.78 is 11.1. The van der Waals surface area contributed by atoms with Crippen LogP contribution in [0.15, 0.2) is 66.9 Å². The van der Waals surface area contributed by atoms with E-state index < -0.39 is 0 Å². The molecule has 6 heteroatoms. The van der Waals surface area contributed by atoms with E-state index in [4.69, 9.17) is 9.47 Å². The van der Waals surface area contributed by atoms with Crippen LogP contribution in [-0.2, 0) is 4.79 Å². The summed E-state index contributed by atoms with van der Waals surface area (Å²) in [6.45, 7) is 1.97. The Kier molecular flexibility index (Phi) is 6.58. The Morgan fingerprint density at radius 2 is 1.76 bits per heavy atom. The molecule has 148 valence electrons. The third-order valence-electron chi connectivity index (χ3n) is 4.23. The van der Waals surface area contributed by atoms with Gasteiger partial charge in [-0.05, 0) is 30.7 Å². The third kappa shape index (κ3) is 5.65. The van der Waals surface area contributed by atoms with Gasteiger partial charge in [-0.3, -0.25) is 9.59 Å². The van der Waals surface area contributed by atoms with E-state index in [0.717, 1.165) is 5.56 Å². The van der Waals surface area contributed by atoms with Crippen molar-refractivity contribution in [3.63, 3.8) is 0 Å². The number of anilines is 1. The number of ketones is 1. The highest BCUT2D eigenvalue weighted by molar-refractivity contribution is 5.99. The summed E-state index contributed by atoms with van der Waals surface area (Å²) in [5.74, 6) is 1.25. The molecule has 0 atom stereocenters. The molecule has 29 heavy (non-hydrogen) atoms. The Morgan fingerprint density at radius 3 is 2.45 bits per heavy atom. The predicted octanol–water partition coefficient (Wildman–Crippen LogP) is 4.79. The predicted molar refractivity (Wildman–Crippen MR) is 111 cm³/mol. The molecule has 3 rings (SSSR count). The molecule has 0 spiro atoms. The number of methoxy groups -OCH3 is 1.